The Morgan fingerprint density at radius 2 is 2.17 bits per heavy atom. The Hall–Kier alpha value is -3.19. The summed E-state index contributed by atoms with van der Waals surface area (Å²) in [6.45, 7) is 5.93. The molecule has 0 fully saturated rings. The second-order valence-electron chi connectivity index (χ2n) is 7.81. The molecule has 1 atom stereocenters. The van der Waals surface area contributed by atoms with Crippen molar-refractivity contribution in [1.82, 2.24) is 15.5 Å². The number of carbonyl (C=O) groups is 1. The molecule has 1 aromatic heterocycles. The second-order valence-corrected chi connectivity index (χ2v) is 7.81. The minimum Gasteiger partial charge on any atom is -0.491 e. The summed E-state index contributed by atoms with van der Waals surface area (Å²) in [5, 5.41) is 16.2. The van der Waals surface area contributed by atoms with Gasteiger partial charge in [-0.05, 0) is 68.5 Å². The van der Waals surface area contributed by atoms with Crippen molar-refractivity contribution in [3.63, 3.8) is 0 Å². The van der Waals surface area contributed by atoms with Gasteiger partial charge in [0.2, 0.25) is 5.82 Å². The maximum atomic E-state index is 10.9. The number of carboxylic acids is 1. The molecular weight excluding hydrogens is 382 g/mol. The molecule has 2 aromatic carbocycles. The molecule has 0 saturated carbocycles. The summed E-state index contributed by atoms with van der Waals surface area (Å²) in [5.74, 6) is 0.984. The highest BCUT2D eigenvalue weighted by atomic mass is 16.5. The molecule has 1 aliphatic rings. The minimum atomic E-state index is -0.859. The summed E-state index contributed by atoms with van der Waals surface area (Å²) < 4.78 is 11.3. The number of hydrogen-bond donors (Lipinski definition) is 2. The lowest BCUT2D eigenvalue weighted by Gasteiger charge is -2.12. The summed E-state index contributed by atoms with van der Waals surface area (Å²) >= 11 is 0. The normalized spacial score (nSPS) is 15.4. The van der Waals surface area contributed by atoms with E-state index in [9.17, 15) is 4.79 Å². The van der Waals surface area contributed by atoms with Gasteiger partial charge in [0.1, 0.15) is 5.75 Å². The van der Waals surface area contributed by atoms with E-state index in [2.05, 4.69) is 15.5 Å². The van der Waals surface area contributed by atoms with Crippen LogP contribution in [0.3, 0.4) is 0 Å². The van der Waals surface area contributed by atoms with Gasteiger partial charge in [-0.2, -0.15) is 4.98 Å². The van der Waals surface area contributed by atoms with E-state index in [1.54, 1.807) is 0 Å². The number of aliphatic carboxylic acids is 1. The quantitative estimate of drug-likeness (QED) is 0.607. The molecule has 3 aromatic rings. The Labute approximate surface area is 175 Å². The fourth-order valence-electron chi connectivity index (χ4n) is 3.91. The first-order valence-corrected chi connectivity index (χ1v) is 10.1. The summed E-state index contributed by atoms with van der Waals surface area (Å²) in [6.07, 6.45) is 1.80. The van der Waals surface area contributed by atoms with E-state index in [1.165, 1.54) is 0 Å². The van der Waals surface area contributed by atoms with Gasteiger partial charge in [0.15, 0.2) is 0 Å². The van der Waals surface area contributed by atoms with Crippen LogP contribution in [0.4, 0.5) is 0 Å². The molecule has 1 aliphatic carbocycles. The molecule has 7 nitrogen and oxygen atoms in total. The highest BCUT2D eigenvalue weighted by Crippen LogP contribution is 2.37. The Bertz CT molecular complexity index is 1070. The largest absolute Gasteiger partial charge is 0.491 e. The second kappa shape index (κ2) is 8.28. The maximum absolute atomic E-state index is 10.9. The minimum absolute atomic E-state index is 0.0265. The molecular formula is C23H25N3O4. The maximum Gasteiger partial charge on any atom is 0.317 e. The molecule has 0 spiro atoms. The van der Waals surface area contributed by atoms with E-state index in [0.29, 0.717) is 11.7 Å². The lowest BCUT2D eigenvalue weighted by Crippen LogP contribution is -2.25. The zero-order valence-electron chi connectivity index (χ0n) is 17.3. The average molecular weight is 407 g/mol. The van der Waals surface area contributed by atoms with Gasteiger partial charge < -0.3 is 19.7 Å². The van der Waals surface area contributed by atoms with E-state index in [1.807, 2.05) is 57.2 Å². The smallest absolute Gasteiger partial charge is 0.317 e. The van der Waals surface area contributed by atoms with Crippen LogP contribution >= 0.6 is 0 Å². The van der Waals surface area contributed by atoms with Crippen LogP contribution < -0.4 is 10.1 Å². The fraction of sp³-hybridized carbons (Fsp3) is 0.348. The summed E-state index contributed by atoms with van der Waals surface area (Å²) in [7, 11) is 0. The number of nitrogens with one attached hydrogen (secondary N) is 1. The van der Waals surface area contributed by atoms with Crippen LogP contribution in [0.25, 0.3) is 22.8 Å². The van der Waals surface area contributed by atoms with E-state index in [4.69, 9.17) is 14.4 Å². The van der Waals surface area contributed by atoms with Gasteiger partial charge in [-0.15, -0.1) is 0 Å². The van der Waals surface area contributed by atoms with Crippen molar-refractivity contribution in [2.45, 2.75) is 45.8 Å². The number of benzene rings is 2. The van der Waals surface area contributed by atoms with Crippen molar-refractivity contribution in [2.75, 3.05) is 6.54 Å². The van der Waals surface area contributed by atoms with Gasteiger partial charge in [-0.25, -0.2) is 0 Å². The molecule has 1 heterocycles. The van der Waals surface area contributed by atoms with Crippen molar-refractivity contribution in [3.05, 3.63) is 53.1 Å². The first kappa shape index (κ1) is 20.1. The molecule has 0 amide bonds. The number of hydrogen-bond acceptors (Lipinski definition) is 6. The predicted molar refractivity (Wildman–Crippen MR) is 112 cm³/mol. The SMILES string of the molecule is Cc1cc(-c2nc(-c3cccc4c3CC[C@H]4NCC(=O)O)no2)ccc1OC(C)C. The topological polar surface area (TPSA) is 97.5 Å². The number of carboxylic acid groups (broad SMARTS) is 1. The van der Waals surface area contributed by atoms with E-state index >= 15 is 0 Å². The van der Waals surface area contributed by atoms with Crippen molar-refractivity contribution in [3.8, 4) is 28.6 Å². The Morgan fingerprint density at radius 3 is 2.90 bits per heavy atom. The van der Waals surface area contributed by atoms with Crippen LogP contribution in [0.5, 0.6) is 5.75 Å². The number of aromatic nitrogens is 2. The van der Waals surface area contributed by atoms with Crippen LogP contribution in [-0.4, -0.2) is 33.9 Å². The molecule has 0 saturated heterocycles. The molecule has 2 N–H and O–H groups in total. The number of aryl methyl sites for hydroxylation is 1. The van der Waals surface area contributed by atoms with Gasteiger partial charge in [0, 0.05) is 17.2 Å². The first-order chi connectivity index (χ1) is 14.4. The standard InChI is InChI=1S/C23H25N3O4/c1-13(2)29-20-10-7-15(11-14(20)3)23-25-22(26-30-23)18-6-4-5-17-16(18)8-9-19(17)24-12-21(27)28/h4-7,10-11,13,19,24H,8-9,12H2,1-3H3,(H,27,28)/t19-/m1/s1. The summed E-state index contributed by atoms with van der Waals surface area (Å²) in [4.78, 5) is 15.5. The third kappa shape index (κ3) is 4.07. The van der Waals surface area contributed by atoms with Crippen molar-refractivity contribution >= 4 is 5.97 Å². The van der Waals surface area contributed by atoms with Gasteiger partial charge in [-0.3, -0.25) is 4.79 Å². The molecule has 156 valence electrons. The highest BCUT2D eigenvalue weighted by Gasteiger charge is 2.26. The predicted octanol–water partition coefficient (Wildman–Crippen LogP) is 4.16. The molecule has 0 unspecified atom stereocenters. The number of ether oxygens (including phenoxy) is 1. The number of rotatable bonds is 7. The summed E-state index contributed by atoms with van der Waals surface area (Å²) in [6, 6.07) is 11.8. The summed E-state index contributed by atoms with van der Waals surface area (Å²) in [5.41, 5.74) is 5.03. The molecule has 7 heteroatoms. The Morgan fingerprint density at radius 1 is 1.33 bits per heavy atom. The van der Waals surface area contributed by atoms with Crippen LogP contribution in [0.2, 0.25) is 0 Å². The third-order valence-corrected chi connectivity index (χ3v) is 5.22. The number of nitrogens with zero attached hydrogens (tertiary/aromatic N) is 2. The fourth-order valence-corrected chi connectivity index (χ4v) is 3.91. The molecule has 4 rings (SSSR count). The Kier molecular flexibility index (Phi) is 5.55. The van der Waals surface area contributed by atoms with Gasteiger partial charge in [-0.1, -0.05) is 23.4 Å². The van der Waals surface area contributed by atoms with Gasteiger partial charge >= 0.3 is 5.97 Å². The van der Waals surface area contributed by atoms with Gasteiger partial charge in [0.25, 0.3) is 5.89 Å². The van der Waals surface area contributed by atoms with Gasteiger partial charge in [0.05, 0.1) is 12.6 Å². The van der Waals surface area contributed by atoms with E-state index in [0.717, 1.165) is 46.4 Å². The first-order valence-electron chi connectivity index (χ1n) is 10.1. The van der Waals surface area contributed by atoms with Crippen LogP contribution in [0.15, 0.2) is 40.9 Å². The Balaban J connectivity index is 1.60. The van der Waals surface area contributed by atoms with Crippen molar-refractivity contribution in [2.24, 2.45) is 0 Å². The molecule has 0 radical (unpaired) electrons. The molecule has 0 bridgehead atoms. The average Bonchev–Trinajstić information content (AvgIpc) is 3.34. The lowest BCUT2D eigenvalue weighted by atomic mass is 10.0. The van der Waals surface area contributed by atoms with Crippen LogP contribution in [0, 0.1) is 6.92 Å². The van der Waals surface area contributed by atoms with Crippen molar-refractivity contribution < 1.29 is 19.2 Å². The monoisotopic (exact) mass is 407 g/mol. The van der Waals surface area contributed by atoms with E-state index in [-0.39, 0.29) is 18.7 Å². The number of fused-ring (bicyclic) bond motifs is 1. The highest BCUT2D eigenvalue weighted by molar-refractivity contribution is 5.69. The van der Waals surface area contributed by atoms with Crippen LogP contribution in [-0.2, 0) is 11.2 Å². The third-order valence-electron chi connectivity index (χ3n) is 5.22. The van der Waals surface area contributed by atoms with Crippen LogP contribution in [0.1, 0.15) is 43.0 Å². The van der Waals surface area contributed by atoms with E-state index < -0.39 is 5.97 Å². The zero-order valence-corrected chi connectivity index (χ0v) is 17.3. The lowest BCUT2D eigenvalue weighted by molar-refractivity contribution is -0.136. The molecule has 30 heavy (non-hydrogen) atoms. The zero-order chi connectivity index (χ0) is 21.3. The molecule has 0 aliphatic heterocycles. The van der Waals surface area contributed by atoms with Crippen molar-refractivity contribution in [1.29, 1.82) is 0 Å².